The number of fused-ring (bicyclic) bond motifs is 3. The molecule has 0 bridgehead atoms. The second-order valence-corrected chi connectivity index (χ2v) is 8.31. The number of imidazole rings is 1. The van der Waals surface area contributed by atoms with Crippen molar-refractivity contribution in [3.63, 3.8) is 0 Å². The molecule has 3 heterocycles. The van der Waals surface area contributed by atoms with E-state index in [0.717, 1.165) is 16.4 Å². The zero-order valence-corrected chi connectivity index (χ0v) is 14.3. The van der Waals surface area contributed by atoms with Gasteiger partial charge in [0, 0.05) is 6.20 Å². The number of aromatic nitrogens is 2. The van der Waals surface area contributed by atoms with Crippen LogP contribution in [0.1, 0.15) is 0 Å². The molecule has 0 N–H and O–H groups in total. The zero-order valence-electron chi connectivity index (χ0n) is 10.5. The van der Waals surface area contributed by atoms with Gasteiger partial charge in [0.15, 0.2) is 4.96 Å². The van der Waals surface area contributed by atoms with Crippen LogP contribution in [-0.2, 0) is 0 Å². The monoisotopic (exact) mass is 412 g/mol. The molecule has 0 aliphatic rings. The maximum atomic E-state index is 5.27. The maximum absolute atomic E-state index is 5.27. The maximum Gasteiger partial charge on any atom is 0.195 e. The number of benzene rings is 1. The van der Waals surface area contributed by atoms with Crippen LogP contribution in [0, 0.1) is 2.88 Å². The number of hydrogen-bond donors (Lipinski definition) is 0. The van der Waals surface area contributed by atoms with Crippen LogP contribution in [0.3, 0.4) is 0 Å². The summed E-state index contributed by atoms with van der Waals surface area (Å²) in [5.41, 5.74) is 2.22. The average molecular weight is 412 g/mol. The quantitative estimate of drug-likeness (QED) is 0.439. The van der Waals surface area contributed by atoms with Crippen molar-refractivity contribution in [2.75, 3.05) is 7.11 Å². The van der Waals surface area contributed by atoms with Gasteiger partial charge in [-0.05, 0) is 52.9 Å². The largest absolute Gasteiger partial charge is 0.497 e. The third kappa shape index (κ3) is 1.94. The van der Waals surface area contributed by atoms with Crippen molar-refractivity contribution in [1.82, 2.24) is 9.38 Å². The van der Waals surface area contributed by atoms with Crippen molar-refractivity contribution in [3.05, 3.63) is 39.4 Å². The summed E-state index contributed by atoms with van der Waals surface area (Å²) in [5.74, 6) is 0.884. The third-order valence-corrected chi connectivity index (χ3v) is 6.06. The first-order valence-electron chi connectivity index (χ1n) is 5.96. The lowest BCUT2D eigenvalue weighted by molar-refractivity contribution is 0.415. The van der Waals surface area contributed by atoms with Gasteiger partial charge in [-0.1, -0.05) is 11.3 Å². The van der Waals surface area contributed by atoms with Crippen LogP contribution >= 0.6 is 45.3 Å². The van der Waals surface area contributed by atoms with Gasteiger partial charge in [-0.15, -0.1) is 11.3 Å². The van der Waals surface area contributed by atoms with E-state index in [1.165, 1.54) is 18.0 Å². The molecule has 0 radical (unpaired) electrons. The summed E-state index contributed by atoms with van der Waals surface area (Å²) in [7, 11) is 1.69. The highest BCUT2D eigenvalue weighted by Crippen LogP contribution is 2.33. The van der Waals surface area contributed by atoms with E-state index in [1.807, 2.05) is 6.07 Å². The highest BCUT2D eigenvalue weighted by molar-refractivity contribution is 14.1. The molecule has 100 valence electrons. The van der Waals surface area contributed by atoms with Crippen LogP contribution in [-0.4, -0.2) is 16.5 Å². The van der Waals surface area contributed by atoms with Crippen molar-refractivity contribution in [1.29, 1.82) is 0 Å². The summed E-state index contributed by atoms with van der Waals surface area (Å²) in [6.07, 6.45) is 2.11. The van der Waals surface area contributed by atoms with Crippen molar-refractivity contribution in [3.8, 4) is 16.3 Å². The smallest absolute Gasteiger partial charge is 0.195 e. The Hall–Kier alpha value is -1.12. The van der Waals surface area contributed by atoms with Crippen LogP contribution < -0.4 is 4.74 Å². The summed E-state index contributed by atoms with van der Waals surface area (Å²) in [5, 5.41) is 0. The van der Waals surface area contributed by atoms with Crippen LogP contribution in [0.15, 0.2) is 36.5 Å². The molecule has 0 fully saturated rings. The first kappa shape index (κ1) is 12.6. The molecule has 4 aromatic rings. The van der Waals surface area contributed by atoms with E-state index >= 15 is 0 Å². The number of methoxy groups -OCH3 is 1. The van der Waals surface area contributed by atoms with Crippen molar-refractivity contribution < 1.29 is 4.74 Å². The highest BCUT2D eigenvalue weighted by Gasteiger charge is 2.11. The van der Waals surface area contributed by atoms with E-state index in [2.05, 4.69) is 57.5 Å². The number of thiazole rings is 1. The number of hydrogen-bond acceptors (Lipinski definition) is 4. The first-order valence-corrected chi connectivity index (χ1v) is 8.67. The van der Waals surface area contributed by atoms with Crippen LogP contribution in [0.4, 0.5) is 0 Å². The molecule has 0 spiro atoms. The summed E-state index contributed by atoms with van der Waals surface area (Å²) in [6.45, 7) is 0. The van der Waals surface area contributed by atoms with Crippen LogP contribution in [0.2, 0.25) is 0 Å². The number of halogens is 1. The summed E-state index contributed by atoms with van der Waals surface area (Å²) in [4.78, 5) is 6.97. The number of ether oxygens (including phenoxy) is 1. The van der Waals surface area contributed by atoms with Gasteiger partial charge >= 0.3 is 0 Å². The molecular formula is C14H9IN2OS2. The fraction of sp³-hybridized carbons (Fsp3) is 0.0714. The predicted octanol–water partition coefficient (Wildman–Crippen LogP) is 4.89. The summed E-state index contributed by atoms with van der Waals surface area (Å²) in [6, 6.07) is 10.4. The lowest BCUT2D eigenvalue weighted by Crippen LogP contribution is -1.82. The normalized spacial score (nSPS) is 11.5. The minimum absolute atomic E-state index is 0.884. The molecule has 0 saturated carbocycles. The van der Waals surface area contributed by atoms with Gasteiger partial charge in [0.2, 0.25) is 0 Å². The molecule has 0 aliphatic carbocycles. The average Bonchev–Trinajstić information content (AvgIpc) is 3.11. The lowest BCUT2D eigenvalue weighted by atomic mass is 10.3. The van der Waals surface area contributed by atoms with Gasteiger partial charge < -0.3 is 4.74 Å². The van der Waals surface area contributed by atoms with Gasteiger partial charge in [0.05, 0.1) is 25.1 Å². The topological polar surface area (TPSA) is 26.5 Å². The Morgan fingerprint density at radius 2 is 2.10 bits per heavy atom. The second kappa shape index (κ2) is 4.71. The number of nitrogens with zero attached hydrogens (tertiary/aromatic N) is 2. The van der Waals surface area contributed by atoms with E-state index in [4.69, 9.17) is 9.72 Å². The zero-order chi connectivity index (χ0) is 13.7. The minimum atomic E-state index is 0.884. The summed E-state index contributed by atoms with van der Waals surface area (Å²) >= 11 is 5.79. The van der Waals surface area contributed by atoms with Crippen LogP contribution in [0.25, 0.3) is 25.7 Å². The molecule has 3 aromatic heterocycles. The fourth-order valence-electron chi connectivity index (χ4n) is 2.18. The van der Waals surface area contributed by atoms with Crippen molar-refractivity contribution in [2.24, 2.45) is 0 Å². The van der Waals surface area contributed by atoms with E-state index in [-0.39, 0.29) is 0 Å². The number of rotatable bonds is 2. The Morgan fingerprint density at radius 3 is 2.85 bits per heavy atom. The van der Waals surface area contributed by atoms with Gasteiger partial charge in [0.25, 0.3) is 0 Å². The number of thiophene rings is 1. The van der Waals surface area contributed by atoms with E-state index in [1.54, 1.807) is 29.8 Å². The van der Waals surface area contributed by atoms with Crippen molar-refractivity contribution in [2.45, 2.75) is 0 Å². The van der Waals surface area contributed by atoms with Crippen LogP contribution in [0.5, 0.6) is 5.75 Å². The van der Waals surface area contributed by atoms with E-state index < -0.39 is 0 Å². The first-order chi connectivity index (χ1) is 9.74. The molecule has 0 amide bonds. The van der Waals surface area contributed by atoms with Crippen molar-refractivity contribution >= 4 is 60.4 Å². The molecular weight excluding hydrogens is 403 g/mol. The molecule has 0 atom stereocenters. The molecule has 0 unspecified atom stereocenters. The van der Waals surface area contributed by atoms with E-state index in [9.17, 15) is 0 Å². The Kier molecular flexibility index (Phi) is 2.97. The lowest BCUT2D eigenvalue weighted by Gasteiger charge is -1.98. The molecule has 6 heteroatoms. The van der Waals surface area contributed by atoms with E-state index in [0.29, 0.717) is 0 Å². The summed E-state index contributed by atoms with van der Waals surface area (Å²) < 4.78 is 9.90. The van der Waals surface area contributed by atoms with Gasteiger partial charge in [-0.2, -0.15) is 0 Å². The second-order valence-electron chi connectivity index (χ2n) is 4.32. The molecule has 4 rings (SSSR count). The molecule has 20 heavy (non-hydrogen) atoms. The highest BCUT2D eigenvalue weighted by atomic mass is 127. The predicted molar refractivity (Wildman–Crippen MR) is 93.2 cm³/mol. The fourth-order valence-corrected chi connectivity index (χ4v) is 4.79. The molecule has 3 nitrogen and oxygen atoms in total. The molecule has 1 aromatic carbocycles. The minimum Gasteiger partial charge on any atom is -0.497 e. The SMILES string of the molecule is COc1ccc2c(c1)sc1nc(-c3ccc(I)s3)cn12. The standard InChI is InChI=1S/C14H9IN2OS2/c1-18-8-2-3-10-12(6-8)20-14-16-9(7-17(10)14)11-4-5-13(15)19-11/h2-7H,1H3. The Balaban J connectivity index is 1.92. The Bertz CT molecular complexity index is 922. The molecule has 0 aliphatic heterocycles. The molecule has 0 saturated heterocycles. The van der Waals surface area contributed by atoms with Gasteiger partial charge in [0.1, 0.15) is 11.4 Å². The van der Waals surface area contributed by atoms with Gasteiger partial charge in [-0.3, -0.25) is 4.40 Å². The Labute approximate surface area is 137 Å². The van der Waals surface area contributed by atoms with Gasteiger partial charge in [-0.25, -0.2) is 4.98 Å². The Morgan fingerprint density at radius 1 is 1.20 bits per heavy atom. The third-order valence-electron chi connectivity index (χ3n) is 3.13.